The molecule has 0 radical (unpaired) electrons. The number of para-hydroxylation sites is 1. The summed E-state index contributed by atoms with van der Waals surface area (Å²) in [7, 11) is 0. The average molecular weight is 284 g/mol. The molecule has 21 heavy (non-hydrogen) atoms. The van der Waals surface area contributed by atoms with Crippen LogP contribution in [-0.2, 0) is 4.79 Å². The first-order valence-corrected chi connectivity index (χ1v) is 6.36. The predicted molar refractivity (Wildman–Crippen MR) is 74.5 cm³/mol. The Kier molecular flexibility index (Phi) is 3.27. The number of aromatic nitrogens is 1. The molecule has 1 atom stereocenters. The Morgan fingerprint density at radius 3 is 2.90 bits per heavy atom. The van der Waals surface area contributed by atoms with Crippen LogP contribution in [0.25, 0.3) is 0 Å². The first-order chi connectivity index (χ1) is 10.1. The maximum absolute atomic E-state index is 12.3. The van der Waals surface area contributed by atoms with Crippen LogP contribution in [0, 0.1) is 0 Å². The molecule has 2 N–H and O–H groups in total. The van der Waals surface area contributed by atoms with Crippen molar-refractivity contribution in [1.29, 1.82) is 0 Å². The molecule has 0 aliphatic carbocycles. The van der Waals surface area contributed by atoms with Gasteiger partial charge in [0.15, 0.2) is 0 Å². The van der Waals surface area contributed by atoms with Crippen molar-refractivity contribution in [3.8, 4) is 5.75 Å². The number of carboxylic acid groups (broad SMARTS) is 1. The van der Waals surface area contributed by atoms with Crippen LogP contribution in [0.5, 0.6) is 5.75 Å². The molecule has 6 nitrogen and oxygen atoms in total. The Balaban J connectivity index is 1.79. The highest BCUT2D eigenvalue weighted by atomic mass is 16.5. The number of anilines is 1. The minimum atomic E-state index is -1.09. The van der Waals surface area contributed by atoms with E-state index < -0.39 is 11.9 Å². The maximum Gasteiger partial charge on any atom is 0.337 e. The van der Waals surface area contributed by atoms with E-state index in [1.54, 1.807) is 0 Å². The summed E-state index contributed by atoms with van der Waals surface area (Å²) < 4.78 is 5.46. The van der Waals surface area contributed by atoms with Crippen LogP contribution in [0.3, 0.4) is 0 Å². The number of hydrogen-bond donors (Lipinski definition) is 2. The summed E-state index contributed by atoms with van der Waals surface area (Å²) in [4.78, 5) is 27.0. The van der Waals surface area contributed by atoms with Gasteiger partial charge in [-0.15, -0.1) is 0 Å². The molecule has 0 saturated heterocycles. The fraction of sp³-hybridized carbons (Fsp3) is 0.133. The normalized spacial score (nSPS) is 15.9. The zero-order valence-corrected chi connectivity index (χ0v) is 10.9. The summed E-state index contributed by atoms with van der Waals surface area (Å²) in [6, 6.07) is 8.72. The SMILES string of the molecule is O=C(O)c1cncc(NC(=O)C2COc3ccccc32)c1. The molecule has 1 unspecified atom stereocenters. The van der Waals surface area contributed by atoms with E-state index in [1.165, 1.54) is 18.5 Å². The summed E-state index contributed by atoms with van der Waals surface area (Å²) in [5.41, 5.74) is 1.21. The Morgan fingerprint density at radius 2 is 2.10 bits per heavy atom. The van der Waals surface area contributed by atoms with Crippen LogP contribution < -0.4 is 10.1 Å². The van der Waals surface area contributed by atoms with E-state index >= 15 is 0 Å². The Labute approximate surface area is 120 Å². The molecule has 0 saturated carbocycles. The number of ether oxygens (including phenoxy) is 1. The first kappa shape index (κ1) is 13.1. The van der Waals surface area contributed by atoms with Crippen molar-refractivity contribution in [3.63, 3.8) is 0 Å². The Hall–Kier alpha value is -2.89. The van der Waals surface area contributed by atoms with E-state index in [0.29, 0.717) is 11.4 Å². The second-order valence-corrected chi connectivity index (χ2v) is 4.66. The summed E-state index contributed by atoms with van der Waals surface area (Å²) in [6.07, 6.45) is 2.64. The quantitative estimate of drug-likeness (QED) is 0.898. The number of amides is 1. The number of carbonyl (C=O) groups excluding carboxylic acids is 1. The van der Waals surface area contributed by atoms with Crippen molar-refractivity contribution in [1.82, 2.24) is 4.98 Å². The second-order valence-electron chi connectivity index (χ2n) is 4.66. The van der Waals surface area contributed by atoms with Crippen molar-refractivity contribution in [3.05, 3.63) is 53.9 Å². The van der Waals surface area contributed by atoms with Gasteiger partial charge in [-0.05, 0) is 12.1 Å². The second kappa shape index (κ2) is 5.24. The van der Waals surface area contributed by atoms with E-state index in [1.807, 2.05) is 24.3 Å². The lowest BCUT2D eigenvalue weighted by atomic mass is 10.0. The molecule has 2 heterocycles. The summed E-state index contributed by atoms with van der Waals surface area (Å²) in [6.45, 7) is 0.275. The molecule has 1 aromatic heterocycles. The topological polar surface area (TPSA) is 88.5 Å². The molecule has 1 amide bonds. The van der Waals surface area contributed by atoms with E-state index in [2.05, 4.69) is 10.3 Å². The number of hydrogen-bond acceptors (Lipinski definition) is 4. The van der Waals surface area contributed by atoms with Gasteiger partial charge in [-0.1, -0.05) is 18.2 Å². The van der Waals surface area contributed by atoms with E-state index in [0.717, 1.165) is 5.56 Å². The third kappa shape index (κ3) is 2.55. The molecule has 1 aliphatic heterocycles. The zero-order chi connectivity index (χ0) is 14.8. The number of benzene rings is 1. The van der Waals surface area contributed by atoms with Crippen LogP contribution >= 0.6 is 0 Å². The van der Waals surface area contributed by atoms with Crippen LogP contribution in [0.2, 0.25) is 0 Å². The van der Waals surface area contributed by atoms with Gasteiger partial charge >= 0.3 is 5.97 Å². The summed E-state index contributed by atoms with van der Waals surface area (Å²) >= 11 is 0. The van der Waals surface area contributed by atoms with E-state index in [-0.39, 0.29) is 18.1 Å². The highest BCUT2D eigenvalue weighted by molar-refractivity contribution is 5.98. The lowest BCUT2D eigenvalue weighted by molar-refractivity contribution is -0.117. The zero-order valence-electron chi connectivity index (χ0n) is 10.9. The largest absolute Gasteiger partial charge is 0.492 e. The lowest BCUT2D eigenvalue weighted by Gasteiger charge is -2.10. The van der Waals surface area contributed by atoms with Crippen molar-refractivity contribution in [2.75, 3.05) is 11.9 Å². The highest BCUT2D eigenvalue weighted by Gasteiger charge is 2.30. The summed E-state index contributed by atoms with van der Waals surface area (Å²) in [5.74, 6) is -1.04. The number of rotatable bonds is 3. The van der Waals surface area contributed by atoms with Gasteiger partial charge in [0.1, 0.15) is 18.3 Å². The van der Waals surface area contributed by atoms with Gasteiger partial charge in [0.2, 0.25) is 5.91 Å². The lowest BCUT2D eigenvalue weighted by Crippen LogP contribution is -2.22. The van der Waals surface area contributed by atoms with Crippen LogP contribution in [0.1, 0.15) is 21.8 Å². The van der Waals surface area contributed by atoms with Crippen LogP contribution in [0.15, 0.2) is 42.7 Å². The number of carboxylic acids is 1. The molecule has 0 spiro atoms. The Morgan fingerprint density at radius 1 is 1.29 bits per heavy atom. The van der Waals surface area contributed by atoms with Gasteiger partial charge in [-0.2, -0.15) is 0 Å². The molecular weight excluding hydrogens is 272 g/mol. The van der Waals surface area contributed by atoms with E-state index in [4.69, 9.17) is 9.84 Å². The number of nitrogens with zero attached hydrogens (tertiary/aromatic N) is 1. The van der Waals surface area contributed by atoms with Gasteiger partial charge in [0.25, 0.3) is 0 Å². The number of pyridine rings is 1. The summed E-state index contributed by atoms with van der Waals surface area (Å²) in [5, 5.41) is 11.6. The predicted octanol–water partition coefficient (Wildman–Crippen LogP) is 1.89. The van der Waals surface area contributed by atoms with E-state index in [9.17, 15) is 9.59 Å². The van der Waals surface area contributed by atoms with Crippen molar-refractivity contribution in [2.24, 2.45) is 0 Å². The number of carbonyl (C=O) groups is 2. The van der Waals surface area contributed by atoms with Gasteiger partial charge < -0.3 is 15.2 Å². The van der Waals surface area contributed by atoms with Crippen molar-refractivity contribution >= 4 is 17.6 Å². The molecule has 1 aromatic carbocycles. The molecule has 6 heteroatoms. The number of nitrogens with one attached hydrogen (secondary N) is 1. The van der Waals surface area contributed by atoms with Crippen molar-refractivity contribution in [2.45, 2.75) is 5.92 Å². The molecular formula is C15H12N2O4. The smallest absolute Gasteiger partial charge is 0.337 e. The molecule has 106 valence electrons. The van der Waals surface area contributed by atoms with Gasteiger partial charge in [-0.25, -0.2) is 4.79 Å². The molecule has 3 rings (SSSR count). The molecule has 0 fully saturated rings. The van der Waals surface area contributed by atoms with Gasteiger partial charge in [0, 0.05) is 11.8 Å². The van der Waals surface area contributed by atoms with Crippen LogP contribution in [-0.4, -0.2) is 28.6 Å². The fourth-order valence-electron chi connectivity index (χ4n) is 2.23. The fourth-order valence-corrected chi connectivity index (χ4v) is 2.23. The molecule has 2 aromatic rings. The standard InChI is InChI=1S/C15H12N2O4/c18-14(12-8-21-13-4-2-1-3-11(12)13)17-10-5-9(15(19)20)6-16-7-10/h1-7,12H,8H2,(H,17,18)(H,19,20). The highest BCUT2D eigenvalue weighted by Crippen LogP contribution is 2.34. The third-order valence-electron chi connectivity index (χ3n) is 3.27. The van der Waals surface area contributed by atoms with Gasteiger partial charge in [0.05, 0.1) is 17.4 Å². The minimum Gasteiger partial charge on any atom is -0.492 e. The number of fused-ring (bicyclic) bond motifs is 1. The number of aromatic carboxylic acids is 1. The third-order valence-corrected chi connectivity index (χ3v) is 3.27. The van der Waals surface area contributed by atoms with Crippen molar-refractivity contribution < 1.29 is 19.4 Å². The van der Waals surface area contributed by atoms with Gasteiger partial charge in [-0.3, -0.25) is 9.78 Å². The molecule has 1 aliphatic rings. The van der Waals surface area contributed by atoms with Crippen LogP contribution in [0.4, 0.5) is 5.69 Å². The molecule has 0 bridgehead atoms. The monoisotopic (exact) mass is 284 g/mol. The minimum absolute atomic E-state index is 0.0240. The maximum atomic E-state index is 12.3. The average Bonchev–Trinajstić information content (AvgIpc) is 2.91. The Bertz CT molecular complexity index is 714. The first-order valence-electron chi connectivity index (χ1n) is 6.36.